The van der Waals surface area contributed by atoms with Crippen LogP contribution in [-0.4, -0.2) is 122 Å². The van der Waals surface area contributed by atoms with Gasteiger partial charge in [0.15, 0.2) is 18.2 Å². The van der Waals surface area contributed by atoms with E-state index < -0.39 is 119 Å². The molecule has 7 rings (SSSR count). The van der Waals surface area contributed by atoms with E-state index in [9.17, 15) is 45.0 Å². The van der Waals surface area contributed by atoms with Crippen LogP contribution in [0.5, 0.6) is 0 Å². The fraction of sp³-hybridized carbons (Fsp3) is 0.781. The van der Waals surface area contributed by atoms with Crippen molar-refractivity contribution in [2.45, 2.75) is 113 Å². The second-order valence-electron chi connectivity index (χ2n) is 15.0. The molecule has 0 bridgehead atoms. The molecule has 6 fully saturated rings. The van der Waals surface area contributed by atoms with E-state index in [1.165, 1.54) is 12.5 Å². The molecule has 2 aliphatic carbocycles. The number of furan rings is 1. The SMILES string of the molecule is CC1(C)OC2CC(=O)OCC23C1C(O)C(=O)C1(C)C3CCC(C)(C(OC2OC(CO)C(O)C(O)C2O)c2ccoc2)C12OC2C(=O)O. The molecule has 15 nitrogen and oxygen atoms in total. The molecule has 6 aliphatic rings. The van der Waals surface area contributed by atoms with E-state index in [1.54, 1.807) is 33.8 Å². The van der Waals surface area contributed by atoms with E-state index in [0.29, 0.717) is 5.56 Å². The van der Waals surface area contributed by atoms with Gasteiger partial charge in [0, 0.05) is 22.3 Å². The maximum atomic E-state index is 14.8. The summed E-state index contributed by atoms with van der Waals surface area (Å²) in [5, 5.41) is 64.0. The van der Waals surface area contributed by atoms with Crippen LogP contribution in [0.2, 0.25) is 0 Å². The molecular formula is C32H42O15. The van der Waals surface area contributed by atoms with Gasteiger partial charge in [-0.1, -0.05) is 6.92 Å². The number of ketones is 1. The number of fused-ring (bicyclic) bond motifs is 2. The van der Waals surface area contributed by atoms with Gasteiger partial charge in [0.2, 0.25) is 0 Å². The summed E-state index contributed by atoms with van der Waals surface area (Å²) in [5.74, 6) is -3.86. The van der Waals surface area contributed by atoms with E-state index in [1.807, 2.05) is 0 Å². The van der Waals surface area contributed by atoms with Crippen LogP contribution >= 0.6 is 0 Å². The fourth-order valence-corrected chi connectivity index (χ4v) is 10.7. The second-order valence-corrected chi connectivity index (χ2v) is 15.0. The maximum Gasteiger partial charge on any atom is 0.335 e. The van der Waals surface area contributed by atoms with Crippen LogP contribution in [0.1, 0.15) is 58.6 Å². The summed E-state index contributed by atoms with van der Waals surface area (Å²) in [6.07, 6.45) is -10.1. The number of aliphatic hydroxyl groups is 5. The zero-order valence-corrected chi connectivity index (χ0v) is 26.5. The normalized spacial score (nSPS) is 50.7. The minimum absolute atomic E-state index is 0.0984. The number of Topliss-reactive ketones (excluding diaryl/α,β-unsaturated/α-hetero) is 1. The molecule has 0 aromatic carbocycles. The molecule has 15 heteroatoms. The lowest BCUT2D eigenvalue weighted by Gasteiger charge is -2.65. The molecule has 0 radical (unpaired) electrons. The summed E-state index contributed by atoms with van der Waals surface area (Å²) in [5.41, 5.74) is -6.61. The highest BCUT2D eigenvalue weighted by Crippen LogP contribution is 2.78. The topological polar surface area (TPSA) is 235 Å². The number of aliphatic hydroxyl groups excluding tert-OH is 5. The van der Waals surface area contributed by atoms with Crippen molar-refractivity contribution in [1.29, 1.82) is 0 Å². The molecule has 1 aromatic heterocycles. The number of cyclic esters (lactones) is 1. The molecule has 1 aromatic rings. The lowest BCUT2D eigenvalue weighted by molar-refractivity contribution is -0.329. The van der Waals surface area contributed by atoms with Crippen molar-refractivity contribution < 1.29 is 73.1 Å². The van der Waals surface area contributed by atoms with Gasteiger partial charge in [-0.25, -0.2) is 4.79 Å². The number of carbonyl (C=O) groups excluding carboxylic acids is 2. The molecule has 5 heterocycles. The van der Waals surface area contributed by atoms with Gasteiger partial charge in [-0.2, -0.15) is 0 Å². The van der Waals surface area contributed by atoms with E-state index in [4.69, 9.17) is 28.1 Å². The molecule has 47 heavy (non-hydrogen) atoms. The Balaban J connectivity index is 1.38. The largest absolute Gasteiger partial charge is 0.479 e. The number of carbonyl (C=O) groups is 3. The number of carboxylic acid groups (broad SMARTS) is 1. The zero-order chi connectivity index (χ0) is 34.1. The lowest BCUT2D eigenvalue weighted by Crippen LogP contribution is -2.75. The Labute approximate surface area is 269 Å². The number of esters is 1. The van der Waals surface area contributed by atoms with Gasteiger partial charge in [0.25, 0.3) is 0 Å². The summed E-state index contributed by atoms with van der Waals surface area (Å²) in [6, 6.07) is 1.57. The van der Waals surface area contributed by atoms with Gasteiger partial charge < -0.3 is 58.7 Å². The van der Waals surface area contributed by atoms with Crippen molar-refractivity contribution in [1.82, 2.24) is 0 Å². The van der Waals surface area contributed by atoms with Gasteiger partial charge in [-0.05, 0) is 45.6 Å². The Bertz CT molecular complexity index is 1440. The van der Waals surface area contributed by atoms with Gasteiger partial charge in [0.1, 0.15) is 42.7 Å². The third-order valence-corrected chi connectivity index (χ3v) is 12.6. The first kappa shape index (κ1) is 33.0. The van der Waals surface area contributed by atoms with Gasteiger partial charge in [-0.15, -0.1) is 0 Å². The predicted molar refractivity (Wildman–Crippen MR) is 152 cm³/mol. The molecular weight excluding hydrogens is 624 g/mol. The predicted octanol–water partition coefficient (Wildman–Crippen LogP) is -0.547. The van der Waals surface area contributed by atoms with Crippen LogP contribution in [0.25, 0.3) is 0 Å². The standard InChI is InChI=1S/C32H42O15/c1-28(2)22-21(38)23(39)30(4)15(31(22)12-43-17(34)9-16(31)46-28)5-7-29(3,32(30)25(47-32)26(40)41)24(13-6-8-42-11-13)45-27-20(37)19(36)18(35)14(10-33)44-27/h6,8,11,14-16,18-22,24-25,27,33,35-38H,5,7,9-10,12H2,1-4H3,(H,40,41). The molecule has 2 saturated carbocycles. The molecule has 0 amide bonds. The summed E-state index contributed by atoms with van der Waals surface area (Å²) in [6.45, 7) is 6.00. The Hall–Kier alpha value is -2.47. The van der Waals surface area contributed by atoms with Crippen molar-refractivity contribution in [3.05, 3.63) is 24.2 Å². The third kappa shape index (κ3) is 4.03. The van der Waals surface area contributed by atoms with Crippen molar-refractivity contribution >= 4 is 17.7 Å². The number of hydrogen-bond donors (Lipinski definition) is 6. The van der Waals surface area contributed by atoms with Crippen molar-refractivity contribution in [3.63, 3.8) is 0 Å². The van der Waals surface area contributed by atoms with Crippen molar-refractivity contribution in [2.75, 3.05) is 13.2 Å². The number of ether oxygens (including phenoxy) is 5. The molecule has 4 aliphatic heterocycles. The highest BCUT2D eigenvalue weighted by Gasteiger charge is 2.89. The van der Waals surface area contributed by atoms with Crippen LogP contribution in [0.4, 0.5) is 0 Å². The lowest BCUT2D eigenvalue weighted by atomic mass is 9.37. The number of aliphatic carboxylic acids is 1. The monoisotopic (exact) mass is 666 g/mol. The van der Waals surface area contributed by atoms with Crippen LogP contribution < -0.4 is 0 Å². The van der Waals surface area contributed by atoms with Crippen LogP contribution in [0, 0.1) is 28.1 Å². The Morgan fingerprint density at radius 3 is 2.40 bits per heavy atom. The summed E-state index contributed by atoms with van der Waals surface area (Å²) < 4.78 is 35.8. The van der Waals surface area contributed by atoms with Gasteiger partial charge >= 0.3 is 11.9 Å². The summed E-state index contributed by atoms with van der Waals surface area (Å²) >= 11 is 0. The molecule has 6 N–H and O–H groups in total. The zero-order valence-electron chi connectivity index (χ0n) is 26.5. The summed E-state index contributed by atoms with van der Waals surface area (Å²) in [7, 11) is 0. The molecule has 260 valence electrons. The highest BCUT2D eigenvalue weighted by molar-refractivity contribution is 5.95. The van der Waals surface area contributed by atoms with Gasteiger partial charge in [0.05, 0.1) is 48.8 Å². The van der Waals surface area contributed by atoms with Crippen LogP contribution in [0.15, 0.2) is 23.0 Å². The van der Waals surface area contributed by atoms with Crippen LogP contribution in [0.3, 0.4) is 0 Å². The first-order valence-corrected chi connectivity index (χ1v) is 16.0. The number of carboxylic acids is 1. The van der Waals surface area contributed by atoms with E-state index in [-0.39, 0.29) is 25.9 Å². The summed E-state index contributed by atoms with van der Waals surface area (Å²) in [4.78, 5) is 40.2. The minimum Gasteiger partial charge on any atom is -0.479 e. The molecule has 15 unspecified atom stereocenters. The maximum absolute atomic E-state index is 14.8. The number of epoxide rings is 1. The second kappa shape index (κ2) is 10.5. The highest BCUT2D eigenvalue weighted by atomic mass is 16.7. The minimum atomic E-state index is -1.82. The molecule has 4 saturated heterocycles. The molecule has 15 atom stereocenters. The Morgan fingerprint density at radius 2 is 1.79 bits per heavy atom. The number of rotatable bonds is 6. The molecule has 2 spiro atoms. The Kier molecular flexibility index (Phi) is 7.39. The smallest absolute Gasteiger partial charge is 0.335 e. The third-order valence-electron chi connectivity index (χ3n) is 12.6. The van der Waals surface area contributed by atoms with Crippen molar-refractivity contribution in [3.8, 4) is 0 Å². The quantitative estimate of drug-likeness (QED) is 0.165. The van der Waals surface area contributed by atoms with Gasteiger partial charge in [-0.3, -0.25) is 9.59 Å². The Morgan fingerprint density at radius 1 is 1.06 bits per heavy atom. The van der Waals surface area contributed by atoms with Crippen LogP contribution in [-0.2, 0) is 38.1 Å². The fourth-order valence-electron chi connectivity index (χ4n) is 10.7. The average Bonchev–Trinajstić information content (AvgIpc) is 3.48. The number of hydrogen-bond acceptors (Lipinski definition) is 14. The van der Waals surface area contributed by atoms with Crippen molar-refractivity contribution in [2.24, 2.45) is 28.1 Å². The first-order chi connectivity index (χ1) is 22.0. The van der Waals surface area contributed by atoms with E-state index >= 15 is 0 Å². The van der Waals surface area contributed by atoms with E-state index in [0.717, 1.165) is 0 Å². The average molecular weight is 667 g/mol. The van der Waals surface area contributed by atoms with E-state index in [2.05, 4.69) is 0 Å². The first-order valence-electron chi connectivity index (χ1n) is 16.0.